The number of carboxylic acids is 1. The van der Waals surface area contributed by atoms with Gasteiger partial charge in [-0.25, -0.2) is 4.57 Å². The molecule has 4 N–H and O–H groups in total. The third kappa shape index (κ3) is 5.17. The van der Waals surface area contributed by atoms with Crippen LogP contribution >= 0.6 is 23.3 Å². The smallest absolute Gasteiger partial charge is 0.278 e. The molecule has 1 saturated heterocycles. The van der Waals surface area contributed by atoms with E-state index < -0.39 is 29.2 Å². The number of aliphatic hydroxyl groups is 1. The first-order valence-electron chi connectivity index (χ1n) is 10.9. The van der Waals surface area contributed by atoms with Crippen LogP contribution in [0.4, 0.5) is 5.13 Å². The molecule has 36 heavy (non-hydrogen) atoms. The highest BCUT2D eigenvalue weighted by Gasteiger charge is 2.53. The number of nitrogen functional groups attached to an aromatic ring is 1. The van der Waals surface area contributed by atoms with Crippen LogP contribution in [0.5, 0.6) is 0 Å². The van der Waals surface area contributed by atoms with Crippen LogP contribution in [0.1, 0.15) is 18.3 Å². The molecule has 0 saturated carbocycles. The van der Waals surface area contributed by atoms with E-state index in [1.807, 2.05) is 12.3 Å². The molecule has 1 unspecified atom stereocenters. The molecular formula is C21H23N7O6S2. The Hall–Kier alpha value is -3.56. The number of nitrogens with two attached hydrogens (primary N) is 1. The van der Waals surface area contributed by atoms with E-state index in [0.29, 0.717) is 17.7 Å². The van der Waals surface area contributed by atoms with Gasteiger partial charge in [0.25, 0.3) is 11.8 Å². The molecule has 4 heterocycles. The van der Waals surface area contributed by atoms with E-state index in [2.05, 4.69) is 19.8 Å². The molecule has 2 aliphatic heterocycles. The summed E-state index contributed by atoms with van der Waals surface area (Å²) in [5.74, 6) is -2.53. The van der Waals surface area contributed by atoms with Gasteiger partial charge in [0.15, 0.2) is 24.1 Å². The summed E-state index contributed by atoms with van der Waals surface area (Å²) in [5, 5.41) is 27.0. The molecule has 0 aliphatic carbocycles. The molecule has 2 aliphatic rings. The van der Waals surface area contributed by atoms with Gasteiger partial charge in [-0.3, -0.25) is 14.5 Å². The summed E-state index contributed by atoms with van der Waals surface area (Å²) in [4.78, 5) is 48.0. The average molecular weight is 534 g/mol. The predicted molar refractivity (Wildman–Crippen MR) is 127 cm³/mol. The molecule has 15 heteroatoms. The number of aromatic nitrogens is 3. The minimum absolute atomic E-state index is 0.00711. The summed E-state index contributed by atoms with van der Waals surface area (Å²) in [7, 11) is 0. The Morgan fingerprint density at radius 1 is 1.47 bits per heavy atom. The number of amides is 2. The largest absolute Gasteiger partial charge is 0.543 e. The molecule has 0 radical (unpaired) electrons. The molecule has 4 rings (SSSR count). The molecule has 2 atom stereocenters. The van der Waals surface area contributed by atoms with Crippen LogP contribution in [0.25, 0.3) is 0 Å². The van der Waals surface area contributed by atoms with Gasteiger partial charge in [-0.1, -0.05) is 5.16 Å². The van der Waals surface area contributed by atoms with Crippen molar-refractivity contribution in [3.05, 3.63) is 47.2 Å². The molecule has 190 valence electrons. The quantitative estimate of drug-likeness (QED) is 0.131. The van der Waals surface area contributed by atoms with Gasteiger partial charge in [0.1, 0.15) is 18.0 Å². The number of carbonyl (C=O) groups is 3. The van der Waals surface area contributed by atoms with Gasteiger partial charge >= 0.3 is 0 Å². The number of carbonyl (C=O) groups excluding carboxylic acids is 3. The summed E-state index contributed by atoms with van der Waals surface area (Å²) in [5.41, 5.74) is 6.55. The number of anilines is 1. The minimum Gasteiger partial charge on any atom is -0.543 e. The number of carboxylic acid groups (broad SMARTS) is 1. The maximum Gasteiger partial charge on any atom is 0.278 e. The summed E-state index contributed by atoms with van der Waals surface area (Å²) in [6.45, 7) is 2.09. The molecule has 2 amide bonds. The Labute approximate surface area is 213 Å². The lowest BCUT2D eigenvalue weighted by molar-refractivity contribution is -0.689. The Bertz CT molecular complexity index is 1250. The monoisotopic (exact) mass is 533 g/mol. The van der Waals surface area contributed by atoms with Crippen molar-refractivity contribution in [2.24, 2.45) is 5.16 Å². The van der Waals surface area contributed by atoms with Gasteiger partial charge in [0.05, 0.1) is 11.7 Å². The lowest BCUT2D eigenvalue weighted by atomic mass is 10.0. The van der Waals surface area contributed by atoms with Gasteiger partial charge in [-0.05, 0) is 13.0 Å². The summed E-state index contributed by atoms with van der Waals surface area (Å²) in [6, 6.07) is 2.68. The Balaban J connectivity index is 1.52. The van der Waals surface area contributed by atoms with Crippen molar-refractivity contribution in [1.82, 2.24) is 19.6 Å². The van der Waals surface area contributed by atoms with Crippen molar-refractivity contribution in [1.29, 1.82) is 0 Å². The van der Waals surface area contributed by atoms with E-state index in [1.165, 1.54) is 11.8 Å². The summed E-state index contributed by atoms with van der Waals surface area (Å²) < 4.78 is 5.76. The van der Waals surface area contributed by atoms with Crippen LogP contribution in [0.3, 0.4) is 0 Å². The van der Waals surface area contributed by atoms with E-state index in [0.717, 1.165) is 22.0 Å². The first kappa shape index (κ1) is 25.5. The lowest BCUT2D eigenvalue weighted by Crippen LogP contribution is -2.71. The zero-order valence-electron chi connectivity index (χ0n) is 19.1. The van der Waals surface area contributed by atoms with E-state index in [9.17, 15) is 19.5 Å². The molecule has 2 aromatic heterocycles. The summed E-state index contributed by atoms with van der Waals surface area (Å²) >= 11 is 2.20. The number of rotatable bonds is 10. The van der Waals surface area contributed by atoms with Crippen LogP contribution in [-0.2, 0) is 32.2 Å². The highest BCUT2D eigenvalue weighted by Crippen LogP contribution is 2.40. The van der Waals surface area contributed by atoms with Gasteiger partial charge in [0, 0.05) is 47.5 Å². The predicted octanol–water partition coefficient (Wildman–Crippen LogP) is -2.21. The summed E-state index contributed by atoms with van der Waals surface area (Å²) in [6.07, 6.45) is 4.05. The zero-order valence-corrected chi connectivity index (χ0v) is 20.8. The molecule has 0 bridgehead atoms. The topological polar surface area (TPSA) is 187 Å². The van der Waals surface area contributed by atoms with Crippen LogP contribution in [0.15, 0.2) is 41.0 Å². The number of nitrogens with one attached hydrogen (secondary N) is 1. The van der Waals surface area contributed by atoms with Crippen LogP contribution in [0, 0.1) is 0 Å². The van der Waals surface area contributed by atoms with Gasteiger partial charge in [0.2, 0.25) is 11.5 Å². The second-order valence-electron chi connectivity index (χ2n) is 7.77. The fourth-order valence-electron chi connectivity index (χ4n) is 3.82. The molecule has 0 aromatic carbocycles. The number of hydrogen-bond donors (Lipinski definition) is 3. The van der Waals surface area contributed by atoms with E-state index in [-0.39, 0.29) is 42.1 Å². The number of aliphatic carboxylic acids is 1. The second kappa shape index (κ2) is 11.0. The molecule has 2 aromatic rings. The number of pyridine rings is 1. The normalized spacial score (nSPS) is 19.6. The number of fused-ring (bicyclic) bond motifs is 1. The first-order chi connectivity index (χ1) is 17.3. The van der Waals surface area contributed by atoms with Crippen molar-refractivity contribution in [3.63, 3.8) is 0 Å². The number of hydrogen-bond acceptors (Lipinski definition) is 12. The maximum atomic E-state index is 13.0. The van der Waals surface area contributed by atoms with E-state index >= 15 is 0 Å². The van der Waals surface area contributed by atoms with Crippen molar-refractivity contribution >= 4 is 51.9 Å². The first-order valence-corrected chi connectivity index (χ1v) is 12.7. The third-order valence-electron chi connectivity index (χ3n) is 5.37. The molecule has 1 fully saturated rings. The number of thioether (sulfide) groups is 1. The van der Waals surface area contributed by atoms with Crippen LogP contribution < -0.4 is 20.7 Å². The number of β-lactam (4-membered cyclic amide) rings is 1. The fourth-order valence-corrected chi connectivity index (χ4v) is 5.59. The average Bonchev–Trinajstić information content (AvgIpc) is 3.28. The number of oxime groups is 1. The van der Waals surface area contributed by atoms with Gasteiger partial charge in [-0.2, -0.15) is 9.36 Å². The Kier molecular flexibility index (Phi) is 7.81. The van der Waals surface area contributed by atoms with Gasteiger partial charge in [-0.15, -0.1) is 11.8 Å². The molecular weight excluding hydrogens is 510 g/mol. The minimum atomic E-state index is -1.47. The van der Waals surface area contributed by atoms with Crippen molar-refractivity contribution in [2.45, 2.75) is 31.3 Å². The van der Waals surface area contributed by atoms with E-state index in [4.69, 9.17) is 15.7 Å². The SMILES string of the molecule is CCON=C(C(=O)NC1C(=O)N2C(C(=O)[O-])=C(C[n+]3cccc(CCO)c3)CS[C@@H]12)c1nsc(N)n1. The van der Waals surface area contributed by atoms with Gasteiger partial charge < -0.3 is 30.9 Å². The van der Waals surface area contributed by atoms with Crippen molar-refractivity contribution < 1.29 is 34.0 Å². The van der Waals surface area contributed by atoms with Crippen molar-refractivity contribution in [3.8, 4) is 0 Å². The Morgan fingerprint density at radius 2 is 2.28 bits per heavy atom. The number of aliphatic hydroxyl groups excluding tert-OH is 1. The Morgan fingerprint density at radius 3 is 2.94 bits per heavy atom. The zero-order chi connectivity index (χ0) is 25.8. The highest BCUT2D eigenvalue weighted by molar-refractivity contribution is 8.00. The number of nitrogens with zero attached hydrogens (tertiary/aromatic N) is 5. The standard InChI is InChI=1S/C21H23N7O6S2/c1-2-34-25-13(16-24-21(22)36-26-16)17(30)23-14-18(31)28-15(20(32)33)12(10-35-19(14)28)9-27-6-3-4-11(8-27)5-7-29/h3-4,6,8,14,19,29H,2,5,7,9-10H2,1H3,(H3-,22,23,24,26,30,32,33)/t14?,19-/m0/s1. The highest BCUT2D eigenvalue weighted by atomic mass is 32.2. The van der Waals surface area contributed by atoms with Crippen LogP contribution in [-0.4, -0.2) is 73.2 Å². The van der Waals surface area contributed by atoms with Crippen molar-refractivity contribution in [2.75, 3.05) is 24.7 Å². The second-order valence-corrected chi connectivity index (χ2v) is 9.66. The molecule has 13 nitrogen and oxygen atoms in total. The van der Waals surface area contributed by atoms with E-state index in [1.54, 1.807) is 23.8 Å². The third-order valence-corrected chi connectivity index (χ3v) is 7.26. The molecule has 0 spiro atoms. The van der Waals surface area contributed by atoms with Crippen LogP contribution in [0.2, 0.25) is 0 Å². The maximum absolute atomic E-state index is 13.0. The fraction of sp³-hybridized carbons (Fsp3) is 0.381. The lowest BCUT2D eigenvalue weighted by Gasteiger charge is -2.50.